The Morgan fingerprint density at radius 2 is 1.94 bits per heavy atom. The van der Waals surface area contributed by atoms with Crippen molar-refractivity contribution >= 4 is 5.91 Å². The van der Waals surface area contributed by atoms with E-state index in [1.807, 2.05) is 32.8 Å². The van der Waals surface area contributed by atoms with Gasteiger partial charge in [0.1, 0.15) is 0 Å². The molecule has 0 radical (unpaired) electrons. The van der Waals surface area contributed by atoms with Crippen LogP contribution in [-0.2, 0) is 9.53 Å². The van der Waals surface area contributed by atoms with Crippen molar-refractivity contribution < 1.29 is 9.53 Å². The summed E-state index contributed by atoms with van der Waals surface area (Å²) in [6, 6.07) is 0. The normalized spacial score (nSPS) is 11.2. The summed E-state index contributed by atoms with van der Waals surface area (Å²) in [4.78, 5) is 15.5. The minimum Gasteiger partial charge on any atom is -0.377 e. The van der Waals surface area contributed by atoms with Gasteiger partial charge in [-0.05, 0) is 33.9 Å². The Morgan fingerprint density at radius 3 is 2.47 bits per heavy atom. The number of hydrogen-bond acceptors (Lipinski definition) is 4. The van der Waals surface area contributed by atoms with Crippen LogP contribution in [0.4, 0.5) is 0 Å². The van der Waals surface area contributed by atoms with Gasteiger partial charge >= 0.3 is 0 Å². The highest BCUT2D eigenvalue weighted by Crippen LogP contribution is 1.93. The Bertz CT molecular complexity index is 210. The fraction of sp³-hybridized carbons (Fsp3) is 0.917. The quantitative estimate of drug-likeness (QED) is 0.628. The lowest BCUT2D eigenvalue weighted by Gasteiger charge is -2.22. The lowest BCUT2D eigenvalue weighted by atomic mass is 10.3. The molecule has 0 saturated heterocycles. The number of rotatable bonds is 9. The molecule has 0 aliphatic carbocycles. The molecule has 0 aromatic rings. The third-order valence-corrected chi connectivity index (χ3v) is 2.45. The summed E-state index contributed by atoms with van der Waals surface area (Å²) in [6.07, 6.45) is 1.09. The van der Waals surface area contributed by atoms with E-state index in [2.05, 4.69) is 0 Å². The molecule has 0 spiro atoms. The minimum absolute atomic E-state index is 0.130. The Morgan fingerprint density at radius 1 is 1.29 bits per heavy atom. The van der Waals surface area contributed by atoms with E-state index in [0.717, 1.165) is 19.5 Å². The molecule has 0 heterocycles. The van der Waals surface area contributed by atoms with Crippen LogP contribution in [0.2, 0.25) is 0 Å². The van der Waals surface area contributed by atoms with Gasteiger partial charge in [-0.3, -0.25) is 9.69 Å². The van der Waals surface area contributed by atoms with Gasteiger partial charge in [0.05, 0.1) is 19.3 Å². The maximum absolute atomic E-state index is 11.8. The van der Waals surface area contributed by atoms with Gasteiger partial charge in [0.15, 0.2) is 0 Å². The molecular formula is C12H27N3O2. The maximum Gasteiger partial charge on any atom is 0.236 e. The number of hydrogen-bond donors (Lipinski definition) is 1. The molecule has 0 aromatic heterocycles. The number of nitrogens with two attached hydrogens (primary N) is 1. The first-order chi connectivity index (χ1) is 7.97. The molecule has 2 N–H and O–H groups in total. The number of carbonyl (C=O) groups is 1. The van der Waals surface area contributed by atoms with Crippen molar-refractivity contribution in [1.82, 2.24) is 9.80 Å². The topological polar surface area (TPSA) is 58.8 Å². The Labute approximate surface area is 105 Å². The van der Waals surface area contributed by atoms with Crippen molar-refractivity contribution in [2.45, 2.75) is 26.4 Å². The van der Waals surface area contributed by atoms with Gasteiger partial charge in [-0.25, -0.2) is 0 Å². The first kappa shape index (κ1) is 16.4. The summed E-state index contributed by atoms with van der Waals surface area (Å²) in [5.74, 6) is 0.130. The van der Waals surface area contributed by atoms with E-state index in [4.69, 9.17) is 10.5 Å². The summed E-state index contributed by atoms with van der Waals surface area (Å²) in [6.45, 7) is 7.23. The van der Waals surface area contributed by atoms with Crippen molar-refractivity contribution in [1.29, 1.82) is 0 Å². The zero-order valence-corrected chi connectivity index (χ0v) is 11.6. The molecule has 0 aliphatic rings. The Kier molecular flexibility index (Phi) is 9.03. The third-order valence-electron chi connectivity index (χ3n) is 2.45. The van der Waals surface area contributed by atoms with Gasteiger partial charge in [0, 0.05) is 20.1 Å². The summed E-state index contributed by atoms with van der Waals surface area (Å²) < 4.78 is 5.44. The van der Waals surface area contributed by atoms with Crippen molar-refractivity contribution in [2.75, 3.05) is 46.9 Å². The van der Waals surface area contributed by atoms with Crippen LogP contribution in [-0.4, -0.2) is 68.7 Å². The lowest BCUT2D eigenvalue weighted by molar-refractivity contribution is -0.131. The Hall–Kier alpha value is -0.650. The van der Waals surface area contributed by atoms with E-state index in [9.17, 15) is 4.79 Å². The largest absolute Gasteiger partial charge is 0.377 e. The standard InChI is InChI=1S/C12H27N3O2/c1-11(2)17-9-8-14(3)10-12(16)15(4)7-5-6-13/h11H,5-10,13H2,1-4H3. The number of amides is 1. The van der Waals surface area contributed by atoms with Crippen LogP contribution in [0.5, 0.6) is 0 Å². The van der Waals surface area contributed by atoms with E-state index < -0.39 is 0 Å². The first-order valence-electron chi connectivity index (χ1n) is 6.21. The lowest BCUT2D eigenvalue weighted by Crippen LogP contribution is -2.38. The molecule has 0 bridgehead atoms. The average Bonchev–Trinajstić information content (AvgIpc) is 2.25. The van der Waals surface area contributed by atoms with Crippen LogP contribution >= 0.6 is 0 Å². The second-order valence-electron chi connectivity index (χ2n) is 4.61. The maximum atomic E-state index is 11.8. The fourth-order valence-electron chi connectivity index (χ4n) is 1.33. The monoisotopic (exact) mass is 245 g/mol. The van der Waals surface area contributed by atoms with Crippen LogP contribution in [0.25, 0.3) is 0 Å². The molecule has 0 fully saturated rings. The third kappa shape index (κ3) is 9.09. The highest BCUT2D eigenvalue weighted by Gasteiger charge is 2.11. The van der Waals surface area contributed by atoms with Crippen LogP contribution in [0.1, 0.15) is 20.3 Å². The smallest absolute Gasteiger partial charge is 0.236 e. The van der Waals surface area contributed by atoms with E-state index in [1.54, 1.807) is 4.90 Å². The number of likely N-dealkylation sites (N-methyl/N-ethyl adjacent to an activating group) is 2. The summed E-state index contributed by atoms with van der Waals surface area (Å²) >= 11 is 0. The second kappa shape index (κ2) is 9.39. The Balaban J connectivity index is 3.71. The zero-order valence-electron chi connectivity index (χ0n) is 11.6. The number of ether oxygens (including phenoxy) is 1. The fourth-order valence-corrected chi connectivity index (χ4v) is 1.33. The SMILES string of the molecule is CC(C)OCCN(C)CC(=O)N(C)CCCN. The van der Waals surface area contributed by atoms with E-state index >= 15 is 0 Å². The summed E-state index contributed by atoms with van der Waals surface area (Å²) in [7, 11) is 3.74. The molecule has 0 aromatic carbocycles. The highest BCUT2D eigenvalue weighted by molar-refractivity contribution is 5.77. The summed E-state index contributed by atoms with van der Waals surface area (Å²) in [5.41, 5.74) is 5.41. The molecule has 0 aliphatic heterocycles. The molecule has 5 nitrogen and oxygen atoms in total. The first-order valence-corrected chi connectivity index (χ1v) is 6.21. The molecule has 0 rings (SSSR count). The average molecular weight is 245 g/mol. The zero-order chi connectivity index (χ0) is 13.3. The predicted octanol–water partition coefficient (Wildman–Crippen LogP) is 0.150. The van der Waals surface area contributed by atoms with Gasteiger partial charge in [0.2, 0.25) is 5.91 Å². The van der Waals surface area contributed by atoms with Crippen molar-refractivity contribution in [3.63, 3.8) is 0 Å². The van der Waals surface area contributed by atoms with Crippen LogP contribution in [0, 0.1) is 0 Å². The van der Waals surface area contributed by atoms with Crippen LogP contribution in [0.3, 0.4) is 0 Å². The number of nitrogens with zero attached hydrogens (tertiary/aromatic N) is 2. The molecule has 0 atom stereocenters. The van der Waals surface area contributed by atoms with Gasteiger partial charge in [-0.15, -0.1) is 0 Å². The van der Waals surface area contributed by atoms with Gasteiger partial charge in [-0.1, -0.05) is 0 Å². The molecule has 0 saturated carbocycles. The van der Waals surface area contributed by atoms with E-state index in [1.165, 1.54) is 0 Å². The van der Waals surface area contributed by atoms with Crippen molar-refractivity contribution in [3.8, 4) is 0 Å². The van der Waals surface area contributed by atoms with E-state index in [-0.39, 0.29) is 12.0 Å². The van der Waals surface area contributed by atoms with Crippen LogP contribution in [0.15, 0.2) is 0 Å². The molecule has 102 valence electrons. The predicted molar refractivity (Wildman–Crippen MR) is 69.9 cm³/mol. The van der Waals surface area contributed by atoms with Crippen molar-refractivity contribution in [2.24, 2.45) is 5.73 Å². The molecular weight excluding hydrogens is 218 g/mol. The molecule has 0 unspecified atom stereocenters. The second-order valence-corrected chi connectivity index (χ2v) is 4.61. The van der Waals surface area contributed by atoms with Crippen molar-refractivity contribution in [3.05, 3.63) is 0 Å². The highest BCUT2D eigenvalue weighted by atomic mass is 16.5. The van der Waals surface area contributed by atoms with Crippen LogP contribution < -0.4 is 5.73 Å². The van der Waals surface area contributed by atoms with Gasteiger partial charge < -0.3 is 15.4 Å². The molecule has 5 heteroatoms. The van der Waals surface area contributed by atoms with Gasteiger partial charge in [-0.2, -0.15) is 0 Å². The molecule has 17 heavy (non-hydrogen) atoms. The summed E-state index contributed by atoms with van der Waals surface area (Å²) in [5, 5.41) is 0. The van der Waals surface area contributed by atoms with E-state index in [0.29, 0.717) is 19.7 Å². The van der Waals surface area contributed by atoms with Gasteiger partial charge in [0.25, 0.3) is 0 Å². The molecule has 1 amide bonds. The minimum atomic E-state index is 0.130. The number of carbonyl (C=O) groups excluding carboxylic acids is 1.